The third kappa shape index (κ3) is 1.91. The van der Waals surface area contributed by atoms with Crippen molar-refractivity contribution < 1.29 is 9.59 Å². The van der Waals surface area contributed by atoms with Crippen molar-refractivity contribution in [2.75, 3.05) is 0 Å². The largest absolute Gasteiger partial charge is 0.294 e. The Kier molecular flexibility index (Phi) is 2.89. The first kappa shape index (κ1) is 11.7. The van der Waals surface area contributed by atoms with Gasteiger partial charge >= 0.3 is 0 Å². The predicted octanol–water partition coefficient (Wildman–Crippen LogP) is 2.04. The van der Waals surface area contributed by atoms with Crippen LogP contribution in [0.25, 0.3) is 5.69 Å². The van der Waals surface area contributed by atoms with Crippen LogP contribution >= 0.6 is 11.3 Å². The second-order valence-electron chi connectivity index (χ2n) is 3.68. The van der Waals surface area contributed by atoms with Crippen LogP contribution in [-0.2, 0) is 0 Å². The molecule has 6 heteroatoms. The maximum absolute atomic E-state index is 11.4. The van der Waals surface area contributed by atoms with E-state index in [9.17, 15) is 9.59 Å². The van der Waals surface area contributed by atoms with Crippen molar-refractivity contribution in [3.63, 3.8) is 0 Å². The molecule has 0 aliphatic heterocycles. The fraction of sp³-hybridized carbons (Fsp3) is 0.273. The average molecular weight is 249 g/mol. The summed E-state index contributed by atoms with van der Waals surface area (Å²) in [4.78, 5) is 23.3. The molecule has 2 rings (SSSR count). The molecule has 0 saturated heterocycles. The quantitative estimate of drug-likeness (QED) is 0.781. The first-order valence-corrected chi connectivity index (χ1v) is 5.92. The summed E-state index contributed by atoms with van der Waals surface area (Å²) in [6, 6.07) is 1.80. The van der Waals surface area contributed by atoms with Crippen LogP contribution in [0.15, 0.2) is 11.4 Å². The second kappa shape index (κ2) is 4.21. The summed E-state index contributed by atoms with van der Waals surface area (Å²) in [5, 5.41) is 9.57. The Labute approximate surface area is 102 Å². The number of rotatable bonds is 3. The van der Waals surface area contributed by atoms with E-state index in [0.717, 1.165) is 0 Å². The van der Waals surface area contributed by atoms with Crippen LogP contribution in [0.1, 0.15) is 39.7 Å². The highest BCUT2D eigenvalue weighted by atomic mass is 32.1. The number of aromatic nitrogens is 3. The van der Waals surface area contributed by atoms with E-state index in [-0.39, 0.29) is 11.6 Å². The number of ketones is 2. The van der Waals surface area contributed by atoms with E-state index in [1.807, 2.05) is 5.38 Å². The minimum absolute atomic E-state index is 0.0192. The van der Waals surface area contributed by atoms with Crippen LogP contribution in [0, 0.1) is 6.92 Å². The van der Waals surface area contributed by atoms with Crippen LogP contribution in [0.3, 0.4) is 0 Å². The molecule has 0 unspecified atom stereocenters. The van der Waals surface area contributed by atoms with Crippen LogP contribution in [-0.4, -0.2) is 26.6 Å². The van der Waals surface area contributed by atoms with E-state index in [2.05, 4.69) is 10.3 Å². The molecule has 0 N–H and O–H groups in total. The molecule has 2 heterocycles. The Bertz CT molecular complexity index is 598. The summed E-state index contributed by atoms with van der Waals surface area (Å²) in [6.07, 6.45) is 0. The zero-order valence-electron chi connectivity index (χ0n) is 9.72. The summed E-state index contributed by atoms with van der Waals surface area (Å²) in [5.74, 6) is -0.150. The SMILES string of the molecule is CC(=O)c1nnn(-c2ccsc2C(C)=O)c1C. The van der Waals surface area contributed by atoms with E-state index in [4.69, 9.17) is 0 Å². The molecule has 0 aliphatic carbocycles. The van der Waals surface area contributed by atoms with Gasteiger partial charge in [-0.3, -0.25) is 9.59 Å². The van der Waals surface area contributed by atoms with Gasteiger partial charge in [-0.1, -0.05) is 5.21 Å². The molecule has 0 atom stereocenters. The van der Waals surface area contributed by atoms with Crippen LogP contribution in [0.5, 0.6) is 0 Å². The number of thiophene rings is 1. The average Bonchev–Trinajstić information content (AvgIpc) is 2.82. The Morgan fingerprint density at radius 2 is 2.00 bits per heavy atom. The highest BCUT2D eigenvalue weighted by molar-refractivity contribution is 7.12. The van der Waals surface area contributed by atoms with Gasteiger partial charge in [0.15, 0.2) is 17.3 Å². The lowest BCUT2D eigenvalue weighted by Gasteiger charge is -2.02. The molecule has 5 nitrogen and oxygen atoms in total. The summed E-state index contributed by atoms with van der Waals surface area (Å²) in [5.41, 5.74) is 1.67. The Morgan fingerprint density at radius 1 is 1.29 bits per heavy atom. The topological polar surface area (TPSA) is 64.8 Å². The fourth-order valence-corrected chi connectivity index (χ4v) is 2.39. The third-order valence-corrected chi connectivity index (χ3v) is 3.42. The summed E-state index contributed by atoms with van der Waals surface area (Å²) in [6.45, 7) is 4.71. The summed E-state index contributed by atoms with van der Waals surface area (Å²) >= 11 is 1.36. The second-order valence-corrected chi connectivity index (χ2v) is 4.60. The molecule has 0 saturated carbocycles. The van der Waals surface area contributed by atoms with E-state index in [1.165, 1.54) is 29.9 Å². The van der Waals surface area contributed by atoms with Gasteiger partial charge in [-0.15, -0.1) is 16.4 Å². The molecule has 88 valence electrons. The molecule has 0 aromatic carbocycles. The zero-order valence-corrected chi connectivity index (χ0v) is 10.5. The minimum atomic E-state index is -0.131. The van der Waals surface area contributed by atoms with Crippen LogP contribution < -0.4 is 0 Å². The number of Topliss-reactive ketones (excluding diaryl/α,β-unsaturated/α-hetero) is 2. The van der Waals surface area contributed by atoms with Crippen molar-refractivity contribution in [2.45, 2.75) is 20.8 Å². The number of hydrogen-bond acceptors (Lipinski definition) is 5. The van der Waals surface area contributed by atoms with Crippen LogP contribution in [0.2, 0.25) is 0 Å². The molecule has 0 bridgehead atoms. The van der Waals surface area contributed by atoms with Crippen molar-refractivity contribution in [3.05, 3.63) is 27.7 Å². The lowest BCUT2D eigenvalue weighted by Crippen LogP contribution is -2.04. The van der Waals surface area contributed by atoms with Gasteiger partial charge in [-0.05, 0) is 18.4 Å². The fourth-order valence-electron chi connectivity index (χ4n) is 1.62. The third-order valence-electron chi connectivity index (χ3n) is 2.42. The van der Waals surface area contributed by atoms with Gasteiger partial charge in [0.2, 0.25) is 0 Å². The lowest BCUT2D eigenvalue weighted by molar-refractivity contribution is 0.100. The molecule has 2 aromatic rings. The first-order chi connectivity index (χ1) is 8.02. The first-order valence-electron chi connectivity index (χ1n) is 5.04. The predicted molar refractivity (Wildman–Crippen MR) is 64.0 cm³/mol. The number of carbonyl (C=O) groups is 2. The van der Waals surface area contributed by atoms with Crippen molar-refractivity contribution >= 4 is 22.9 Å². The lowest BCUT2D eigenvalue weighted by atomic mass is 10.2. The monoisotopic (exact) mass is 249 g/mol. The molecular weight excluding hydrogens is 238 g/mol. The standard InChI is InChI=1S/C11H11N3O2S/c1-6-10(7(2)15)12-13-14(6)9-4-5-17-11(9)8(3)16/h4-5H,1-3H3. The van der Waals surface area contributed by atoms with Gasteiger partial charge in [0.25, 0.3) is 0 Å². The van der Waals surface area contributed by atoms with E-state index < -0.39 is 0 Å². The molecule has 0 radical (unpaired) electrons. The Balaban J connectivity index is 2.58. The van der Waals surface area contributed by atoms with E-state index in [1.54, 1.807) is 13.0 Å². The Hall–Kier alpha value is -1.82. The number of nitrogens with zero attached hydrogens (tertiary/aromatic N) is 3. The number of carbonyl (C=O) groups excluding carboxylic acids is 2. The highest BCUT2D eigenvalue weighted by Crippen LogP contribution is 2.22. The minimum Gasteiger partial charge on any atom is -0.294 e. The Morgan fingerprint density at radius 3 is 2.53 bits per heavy atom. The smallest absolute Gasteiger partial charge is 0.181 e. The molecule has 0 fully saturated rings. The molecule has 2 aromatic heterocycles. The van der Waals surface area contributed by atoms with Crippen LogP contribution in [0.4, 0.5) is 0 Å². The van der Waals surface area contributed by atoms with Gasteiger partial charge < -0.3 is 0 Å². The van der Waals surface area contributed by atoms with Gasteiger partial charge in [0, 0.05) is 13.8 Å². The van der Waals surface area contributed by atoms with E-state index >= 15 is 0 Å². The summed E-state index contributed by atoms with van der Waals surface area (Å²) in [7, 11) is 0. The molecular formula is C11H11N3O2S. The van der Waals surface area contributed by atoms with Gasteiger partial charge in [0.05, 0.1) is 16.3 Å². The van der Waals surface area contributed by atoms with Gasteiger partial charge in [-0.25, -0.2) is 4.68 Å². The van der Waals surface area contributed by atoms with E-state index in [0.29, 0.717) is 22.0 Å². The molecule has 0 amide bonds. The molecule has 0 spiro atoms. The van der Waals surface area contributed by atoms with Crippen molar-refractivity contribution in [1.82, 2.24) is 15.0 Å². The maximum atomic E-state index is 11.4. The maximum Gasteiger partial charge on any atom is 0.181 e. The van der Waals surface area contributed by atoms with Gasteiger partial charge in [-0.2, -0.15) is 0 Å². The summed E-state index contributed by atoms with van der Waals surface area (Å²) < 4.78 is 1.53. The van der Waals surface area contributed by atoms with Crippen molar-refractivity contribution in [2.24, 2.45) is 0 Å². The number of hydrogen-bond donors (Lipinski definition) is 0. The normalized spacial score (nSPS) is 10.5. The highest BCUT2D eigenvalue weighted by Gasteiger charge is 2.17. The molecule has 0 aliphatic rings. The van der Waals surface area contributed by atoms with Gasteiger partial charge in [0.1, 0.15) is 0 Å². The molecule has 17 heavy (non-hydrogen) atoms. The van der Waals surface area contributed by atoms with Crippen molar-refractivity contribution in [1.29, 1.82) is 0 Å². The zero-order chi connectivity index (χ0) is 12.6. The van der Waals surface area contributed by atoms with Crippen molar-refractivity contribution in [3.8, 4) is 5.69 Å².